The minimum absolute atomic E-state index is 0.392. The molecule has 0 aliphatic rings. The molecule has 56 valence electrons. The average Bonchev–Trinajstić information content (AvgIpc) is 1.63. The third-order valence-electron chi connectivity index (χ3n) is 1.15. The zero-order chi connectivity index (χ0) is 7.28. The fraction of sp³-hybridized carbons (Fsp3) is 1.00. The van der Waals surface area contributed by atoms with Crippen molar-refractivity contribution in [3.8, 4) is 0 Å². The molecule has 0 saturated heterocycles. The molecule has 0 aromatic heterocycles. The van der Waals surface area contributed by atoms with Crippen LogP contribution in [-0.4, -0.2) is 12.7 Å². The van der Waals surface area contributed by atoms with E-state index in [-0.39, 0.29) is 0 Å². The molecule has 0 atom stereocenters. The maximum absolute atomic E-state index is 5.35. The van der Waals surface area contributed by atoms with Gasteiger partial charge in [0.2, 0.25) is 0 Å². The van der Waals surface area contributed by atoms with Gasteiger partial charge in [0.25, 0.3) is 0 Å². The van der Waals surface area contributed by atoms with E-state index in [4.69, 9.17) is 4.74 Å². The van der Waals surface area contributed by atoms with Gasteiger partial charge in [0, 0.05) is 6.61 Å². The molecule has 0 spiro atoms. The van der Waals surface area contributed by atoms with Crippen molar-refractivity contribution in [2.24, 2.45) is 5.92 Å². The molecule has 0 aliphatic heterocycles. The largest absolute Gasteiger partial charge is 0.379 e. The zero-order valence-corrected chi connectivity index (χ0v) is 6.98. The Morgan fingerprint density at radius 1 is 1.11 bits per heavy atom. The second-order valence-electron chi connectivity index (χ2n) is 3.10. The van der Waals surface area contributed by atoms with Crippen molar-refractivity contribution >= 4 is 0 Å². The molecular weight excluding hydrogens is 112 g/mol. The summed E-state index contributed by atoms with van der Waals surface area (Å²) in [5.41, 5.74) is 0. The van der Waals surface area contributed by atoms with Crippen LogP contribution in [0.4, 0.5) is 0 Å². The van der Waals surface area contributed by atoms with Crippen molar-refractivity contribution in [3.63, 3.8) is 0 Å². The first kappa shape index (κ1) is 8.96. The molecule has 0 aromatic rings. The molecule has 0 rings (SSSR count). The Labute approximate surface area is 58.4 Å². The summed E-state index contributed by atoms with van der Waals surface area (Å²) >= 11 is 0. The van der Waals surface area contributed by atoms with Crippen LogP contribution in [0.3, 0.4) is 0 Å². The lowest BCUT2D eigenvalue weighted by molar-refractivity contribution is 0.0710. The highest BCUT2D eigenvalue weighted by molar-refractivity contribution is 4.43. The van der Waals surface area contributed by atoms with E-state index in [1.807, 2.05) is 0 Å². The van der Waals surface area contributed by atoms with E-state index in [9.17, 15) is 0 Å². The Morgan fingerprint density at radius 2 is 1.67 bits per heavy atom. The highest BCUT2D eigenvalue weighted by Crippen LogP contribution is 2.00. The van der Waals surface area contributed by atoms with Crippen molar-refractivity contribution in [2.45, 2.75) is 40.2 Å². The van der Waals surface area contributed by atoms with Crippen LogP contribution in [0.1, 0.15) is 34.1 Å². The van der Waals surface area contributed by atoms with Crippen LogP contribution in [0.2, 0.25) is 0 Å². The molecule has 0 saturated carbocycles. The van der Waals surface area contributed by atoms with Gasteiger partial charge in [0.1, 0.15) is 0 Å². The maximum Gasteiger partial charge on any atom is 0.0518 e. The van der Waals surface area contributed by atoms with Gasteiger partial charge in [0.15, 0.2) is 0 Å². The van der Waals surface area contributed by atoms with Gasteiger partial charge in [-0.25, -0.2) is 0 Å². The Balaban J connectivity index is 2.91. The molecule has 0 radical (unpaired) electrons. The fourth-order valence-corrected chi connectivity index (χ4v) is 0.539. The van der Waals surface area contributed by atoms with Gasteiger partial charge >= 0.3 is 0 Å². The Morgan fingerprint density at radius 3 is 2.00 bits per heavy atom. The molecule has 1 nitrogen and oxygen atoms in total. The molecule has 0 heterocycles. The predicted octanol–water partition coefficient (Wildman–Crippen LogP) is 2.46. The van der Waals surface area contributed by atoms with Crippen molar-refractivity contribution in [1.82, 2.24) is 0 Å². The summed E-state index contributed by atoms with van der Waals surface area (Å²) in [5.74, 6) is 0.767. The first-order chi connectivity index (χ1) is 4.13. The topological polar surface area (TPSA) is 9.23 Å². The lowest BCUT2D eigenvalue weighted by atomic mass is 10.1. The molecular formula is C8H18O. The van der Waals surface area contributed by atoms with E-state index in [0.717, 1.165) is 12.5 Å². The smallest absolute Gasteiger partial charge is 0.0518 e. The summed E-state index contributed by atoms with van der Waals surface area (Å²) in [6, 6.07) is 0. The van der Waals surface area contributed by atoms with Crippen molar-refractivity contribution in [2.75, 3.05) is 6.61 Å². The number of hydrogen-bond donors (Lipinski definition) is 0. The minimum Gasteiger partial charge on any atom is -0.379 e. The average molecular weight is 130 g/mol. The van der Waals surface area contributed by atoms with Gasteiger partial charge in [0.05, 0.1) is 6.10 Å². The van der Waals surface area contributed by atoms with E-state index in [1.165, 1.54) is 6.42 Å². The van der Waals surface area contributed by atoms with Gasteiger partial charge in [-0.15, -0.1) is 0 Å². The molecule has 0 fully saturated rings. The zero-order valence-electron chi connectivity index (χ0n) is 6.98. The molecule has 0 aromatic carbocycles. The molecule has 9 heavy (non-hydrogen) atoms. The summed E-state index contributed by atoms with van der Waals surface area (Å²) in [6.07, 6.45) is 1.57. The molecule has 0 N–H and O–H groups in total. The lowest BCUT2D eigenvalue weighted by Gasteiger charge is -2.08. The molecule has 0 aliphatic carbocycles. The third-order valence-corrected chi connectivity index (χ3v) is 1.15. The highest BCUT2D eigenvalue weighted by atomic mass is 16.5. The van der Waals surface area contributed by atoms with Crippen molar-refractivity contribution in [3.05, 3.63) is 0 Å². The normalized spacial score (nSPS) is 11.3. The van der Waals surface area contributed by atoms with Crippen LogP contribution < -0.4 is 0 Å². The summed E-state index contributed by atoms with van der Waals surface area (Å²) < 4.78 is 5.35. The van der Waals surface area contributed by atoms with Crippen molar-refractivity contribution < 1.29 is 4.74 Å². The van der Waals surface area contributed by atoms with Crippen LogP contribution in [0.25, 0.3) is 0 Å². The van der Waals surface area contributed by atoms with Gasteiger partial charge in [-0.2, -0.15) is 0 Å². The summed E-state index contributed by atoms with van der Waals surface area (Å²) in [6.45, 7) is 9.48. The van der Waals surface area contributed by atoms with Crippen LogP contribution in [0, 0.1) is 5.92 Å². The Bertz CT molecular complexity index is 49.6. The minimum atomic E-state index is 0.392. The first-order valence-electron chi connectivity index (χ1n) is 3.74. The second kappa shape index (κ2) is 4.80. The summed E-state index contributed by atoms with van der Waals surface area (Å²) in [7, 11) is 0. The SMILES string of the molecule is CC(C)CCOC(C)C. The van der Waals surface area contributed by atoms with E-state index in [0.29, 0.717) is 6.10 Å². The van der Waals surface area contributed by atoms with E-state index in [1.54, 1.807) is 0 Å². The Kier molecular flexibility index (Phi) is 4.78. The lowest BCUT2D eigenvalue weighted by Crippen LogP contribution is -2.05. The summed E-state index contributed by atoms with van der Waals surface area (Å²) in [4.78, 5) is 0. The monoisotopic (exact) mass is 130 g/mol. The predicted molar refractivity (Wildman–Crippen MR) is 40.5 cm³/mol. The molecule has 1 heteroatoms. The highest BCUT2D eigenvalue weighted by Gasteiger charge is 1.95. The number of ether oxygens (including phenoxy) is 1. The van der Waals surface area contributed by atoms with Crippen LogP contribution in [-0.2, 0) is 4.74 Å². The fourth-order valence-electron chi connectivity index (χ4n) is 0.539. The molecule has 0 unspecified atom stereocenters. The summed E-state index contributed by atoms with van der Waals surface area (Å²) in [5, 5.41) is 0. The van der Waals surface area contributed by atoms with Gasteiger partial charge in [-0.1, -0.05) is 13.8 Å². The van der Waals surface area contributed by atoms with Crippen molar-refractivity contribution in [1.29, 1.82) is 0 Å². The second-order valence-corrected chi connectivity index (χ2v) is 3.10. The first-order valence-corrected chi connectivity index (χ1v) is 3.74. The Hall–Kier alpha value is -0.0400. The maximum atomic E-state index is 5.35. The van der Waals surface area contributed by atoms with Gasteiger partial charge in [-0.05, 0) is 26.2 Å². The number of rotatable bonds is 4. The van der Waals surface area contributed by atoms with Crippen LogP contribution >= 0.6 is 0 Å². The van der Waals surface area contributed by atoms with E-state index in [2.05, 4.69) is 27.7 Å². The van der Waals surface area contributed by atoms with Gasteiger partial charge < -0.3 is 4.74 Å². The molecule has 0 amide bonds. The van der Waals surface area contributed by atoms with E-state index < -0.39 is 0 Å². The van der Waals surface area contributed by atoms with Gasteiger partial charge in [-0.3, -0.25) is 0 Å². The quantitative estimate of drug-likeness (QED) is 0.568. The number of hydrogen-bond acceptors (Lipinski definition) is 1. The van der Waals surface area contributed by atoms with Crippen LogP contribution in [0.5, 0.6) is 0 Å². The third kappa shape index (κ3) is 7.96. The molecule has 0 bridgehead atoms. The van der Waals surface area contributed by atoms with Crippen LogP contribution in [0.15, 0.2) is 0 Å². The van der Waals surface area contributed by atoms with E-state index >= 15 is 0 Å². The standard InChI is InChI=1S/C8H18O/c1-7(2)5-6-9-8(3)4/h7-8H,5-6H2,1-4H3.